The van der Waals surface area contributed by atoms with Crippen LogP contribution in [0.4, 0.5) is 0 Å². The van der Waals surface area contributed by atoms with Crippen LogP contribution in [0.25, 0.3) is 0 Å². The van der Waals surface area contributed by atoms with Crippen molar-refractivity contribution in [1.29, 1.82) is 0 Å². The molecule has 1 atom stereocenters. The molecule has 9 nitrogen and oxygen atoms in total. The molecule has 0 radical (unpaired) electrons. The summed E-state index contributed by atoms with van der Waals surface area (Å²) in [5.41, 5.74) is 0. The summed E-state index contributed by atoms with van der Waals surface area (Å²) in [6, 6.07) is 0. The third kappa shape index (κ3) is 35.8. The minimum atomic E-state index is -0.354. The molecule has 51 heavy (non-hydrogen) atoms. The van der Waals surface area contributed by atoms with E-state index in [2.05, 4.69) is 25.7 Å². The first-order valence-corrected chi connectivity index (χ1v) is 23.1. The van der Waals surface area contributed by atoms with E-state index in [9.17, 15) is 19.5 Å². The van der Waals surface area contributed by atoms with Crippen LogP contribution in [0.5, 0.6) is 0 Å². The fourth-order valence-corrected chi connectivity index (χ4v) is 7.81. The Morgan fingerprint density at radius 2 is 1.04 bits per heavy atom. The SMILES string of the molecule is CCCCCCCCCCSSCCOC(=O)CCN(CCC(=O)OCCOC(=O)CC(CCCC)CCCCCCCC)CCN(C)CCO. The van der Waals surface area contributed by atoms with Gasteiger partial charge in [0.1, 0.15) is 19.8 Å². The van der Waals surface area contributed by atoms with Crippen LogP contribution in [0.1, 0.15) is 156 Å². The van der Waals surface area contributed by atoms with E-state index in [1.165, 1.54) is 83.5 Å². The lowest BCUT2D eigenvalue weighted by molar-refractivity contribution is -0.153. The van der Waals surface area contributed by atoms with Crippen LogP contribution in [0, 0.1) is 5.92 Å². The quantitative estimate of drug-likeness (QED) is 0.0281. The Morgan fingerprint density at radius 1 is 0.549 bits per heavy atom. The van der Waals surface area contributed by atoms with Gasteiger partial charge in [-0.05, 0) is 32.2 Å². The van der Waals surface area contributed by atoms with Gasteiger partial charge in [0.15, 0.2) is 0 Å². The summed E-state index contributed by atoms with van der Waals surface area (Å²) in [6.07, 6.45) is 23.4. The number of rotatable bonds is 39. The van der Waals surface area contributed by atoms with Gasteiger partial charge in [-0.3, -0.25) is 14.4 Å². The number of aliphatic hydroxyl groups is 1. The second-order valence-electron chi connectivity index (χ2n) is 13.9. The van der Waals surface area contributed by atoms with E-state index in [1.54, 1.807) is 10.8 Å². The molecule has 0 aliphatic rings. The molecule has 0 aromatic heterocycles. The Labute approximate surface area is 321 Å². The molecule has 0 saturated heterocycles. The Bertz CT molecular complexity index is 809. The third-order valence-electron chi connectivity index (χ3n) is 9.13. The van der Waals surface area contributed by atoms with Gasteiger partial charge in [-0.25, -0.2) is 0 Å². The largest absolute Gasteiger partial charge is 0.465 e. The molecular weight excluding hydrogens is 685 g/mol. The zero-order valence-corrected chi connectivity index (χ0v) is 34.9. The highest BCUT2D eigenvalue weighted by Crippen LogP contribution is 2.23. The van der Waals surface area contributed by atoms with Crippen LogP contribution in [-0.2, 0) is 28.6 Å². The second kappa shape index (κ2) is 38.7. The molecule has 0 aliphatic heterocycles. The van der Waals surface area contributed by atoms with Crippen LogP contribution >= 0.6 is 21.6 Å². The molecule has 0 spiro atoms. The van der Waals surface area contributed by atoms with Gasteiger partial charge in [0.05, 0.1) is 19.4 Å². The van der Waals surface area contributed by atoms with Gasteiger partial charge in [0.2, 0.25) is 0 Å². The molecule has 1 N–H and O–H groups in total. The Balaban J connectivity index is 4.30. The summed E-state index contributed by atoms with van der Waals surface area (Å²) < 4.78 is 16.2. The van der Waals surface area contributed by atoms with Crippen LogP contribution in [0.3, 0.4) is 0 Å². The predicted octanol–water partition coefficient (Wildman–Crippen LogP) is 9.09. The fraction of sp³-hybridized carbons (Fsp3) is 0.925. The van der Waals surface area contributed by atoms with Gasteiger partial charge < -0.3 is 29.1 Å². The van der Waals surface area contributed by atoms with E-state index in [4.69, 9.17) is 14.2 Å². The van der Waals surface area contributed by atoms with E-state index in [-0.39, 0.29) is 50.6 Å². The van der Waals surface area contributed by atoms with Gasteiger partial charge >= 0.3 is 17.9 Å². The molecule has 0 amide bonds. The monoisotopic (exact) mass is 763 g/mol. The van der Waals surface area contributed by atoms with Crippen LogP contribution in [-0.4, -0.2) is 111 Å². The summed E-state index contributed by atoms with van der Waals surface area (Å²) in [6.45, 7) is 10.1. The van der Waals surface area contributed by atoms with Crippen molar-refractivity contribution in [3.8, 4) is 0 Å². The minimum Gasteiger partial charge on any atom is -0.465 e. The number of hydrogen-bond donors (Lipinski definition) is 1. The van der Waals surface area contributed by atoms with Gasteiger partial charge in [0, 0.05) is 50.7 Å². The summed E-state index contributed by atoms with van der Waals surface area (Å²) in [5, 5.41) is 9.24. The molecule has 302 valence electrons. The molecule has 11 heteroatoms. The fourth-order valence-electron chi connectivity index (χ4n) is 5.84. The topological polar surface area (TPSA) is 106 Å². The highest BCUT2D eigenvalue weighted by molar-refractivity contribution is 8.76. The van der Waals surface area contributed by atoms with Crippen LogP contribution in [0.15, 0.2) is 0 Å². The summed E-state index contributed by atoms with van der Waals surface area (Å²) in [5.74, 6) is 1.48. The molecule has 0 bridgehead atoms. The number of nitrogens with zero attached hydrogens (tertiary/aromatic N) is 2. The average Bonchev–Trinajstić information content (AvgIpc) is 3.12. The molecule has 0 rings (SSSR count). The average molecular weight is 763 g/mol. The lowest BCUT2D eigenvalue weighted by Gasteiger charge is -2.24. The van der Waals surface area contributed by atoms with Gasteiger partial charge in [-0.15, -0.1) is 0 Å². The Hall–Kier alpha value is -1.01. The summed E-state index contributed by atoms with van der Waals surface area (Å²) in [7, 11) is 5.56. The van der Waals surface area contributed by atoms with E-state index in [1.807, 2.05) is 22.7 Å². The first-order valence-electron chi connectivity index (χ1n) is 20.6. The molecule has 0 fully saturated rings. The standard InChI is InChI=1S/C40H78N2O7S2/c1-5-8-11-13-15-16-18-20-34-50-51-35-33-49-39(45)24-26-42(28-27-41(4)29-30-43)25-23-38(44)47-31-32-48-40(46)36-37(21-10-7-3)22-19-17-14-12-9-6-2/h37,43H,5-36H2,1-4H3. The van der Waals surface area contributed by atoms with Gasteiger partial charge in [-0.2, -0.15) is 0 Å². The maximum Gasteiger partial charge on any atom is 0.307 e. The molecule has 0 aliphatic carbocycles. The number of carbonyl (C=O) groups excluding carboxylic acids is 3. The molecular formula is C40H78N2O7S2. The third-order valence-corrected chi connectivity index (χ3v) is 11.6. The van der Waals surface area contributed by atoms with Crippen molar-refractivity contribution < 1.29 is 33.7 Å². The van der Waals surface area contributed by atoms with Crippen molar-refractivity contribution in [3.63, 3.8) is 0 Å². The molecule has 0 heterocycles. The maximum absolute atomic E-state index is 12.5. The van der Waals surface area contributed by atoms with E-state index < -0.39 is 0 Å². The molecule has 0 saturated carbocycles. The molecule has 1 unspecified atom stereocenters. The van der Waals surface area contributed by atoms with Crippen LogP contribution < -0.4 is 0 Å². The van der Waals surface area contributed by atoms with Gasteiger partial charge in [-0.1, -0.05) is 139 Å². The summed E-state index contributed by atoms with van der Waals surface area (Å²) >= 11 is 0. The molecule has 0 aromatic carbocycles. The van der Waals surface area contributed by atoms with E-state index in [0.717, 1.165) is 43.6 Å². The number of aliphatic hydroxyl groups excluding tert-OH is 1. The lowest BCUT2D eigenvalue weighted by Crippen LogP contribution is -2.37. The highest BCUT2D eigenvalue weighted by Gasteiger charge is 2.16. The summed E-state index contributed by atoms with van der Waals surface area (Å²) in [4.78, 5) is 41.5. The van der Waals surface area contributed by atoms with Crippen molar-refractivity contribution in [3.05, 3.63) is 0 Å². The zero-order chi connectivity index (χ0) is 37.6. The Morgan fingerprint density at radius 3 is 1.63 bits per heavy atom. The van der Waals surface area contributed by atoms with E-state index in [0.29, 0.717) is 51.7 Å². The predicted molar refractivity (Wildman–Crippen MR) is 216 cm³/mol. The number of unbranched alkanes of at least 4 members (excludes halogenated alkanes) is 13. The highest BCUT2D eigenvalue weighted by atomic mass is 33.1. The lowest BCUT2D eigenvalue weighted by atomic mass is 9.92. The second-order valence-corrected chi connectivity index (χ2v) is 16.6. The maximum atomic E-state index is 12.5. The first kappa shape index (κ1) is 50.0. The number of esters is 3. The van der Waals surface area contributed by atoms with Crippen LogP contribution in [0.2, 0.25) is 0 Å². The Kier molecular flexibility index (Phi) is 37.9. The van der Waals surface area contributed by atoms with Crippen molar-refractivity contribution in [2.75, 3.05) is 77.7 Å². The zero-order valence-electron chi connectivity index (χ0n) is 33.3. The molecule has 0 aromatic rings. The van der Waals surface area contributed by atoms with Gasteiger partial charge in [0.25, 0.3) is 0 Å². The number of likely N-dealkylation sites (N-methyl/N-ethyl adjacent to an activating group) is 1. The minimum absolute atomic E-state index is 0.0443. The van der Waals surface area contributed by atoms with Crippen molar-refractivity contribution >= 4 is 39.5 Å². The number of ether oxygens (including phenoxy) is 3. The number of carbonyl (C=O) groups is 3. The number of hydrogen-bond acceptors (Lipinski definition) is 11. The first-order chi connectivity index (χ1) is 24.9. The smallest absolute Gasteiger partial charge is 0.307 e. The van der Waals surface area contributed by atoms with E-state index >= 15 is 0 Å². The van der Waals surface area contributed by atoms with Crippen molar-refractivity contribution in [2.24, 2.45) is 5.92 Å². The normalized spacial score (nSPS) is 12.1. The van der Waals surface area contributed by atoms with Crippen molar-refractivity contribution in [1.82, 2.24) is 9.80 Å². The van der Waals surface area contributed by atoms with Crippen molar-refractivity contribution in [2.45, 2.75) is 156 Å².